The number of hydrogen-bond acceptors (Lipinski definition) is 1. The van der Waals surface area contributed by atoms with Crippen molar-refractivity contribution in [2.24, 2.45) is 5.92 Å². The summed E-state index contributed by atoms with van der Waals surface area (Å²) in [7, 11) is 0. The molecule has 1 saturated carbocycles. The average Bonchev–Trinajstić information content (AvgIpc) is 2.35. The first-order valence-corrected chi connectivity index (χ1v) is 4.09. The van der Waals surface area contributed by atoms with E-state index in [2.05, 4.69) is 5.32 Å². The van der Waals surface area contributed by atoms with Gasteiger partial charge in [-0.15, -0.1) is 0 Å². The van der Waals surface area contributed by atoms with Gasteiger partial charge in [0.15, 0.2) is 0 Å². The number of halogens is 2. The predicted molar refractivity (Wildman–Crippen MR) is 40.9 cm³/mol. The molecule has 70 valence electrons. The molecule has 4 heteroatoms. The summed E-state index contributed by atoms with van der Waals surface area (Å²) in [6.45, 7) is 3.62. The number of carbonyl (C=O) groups is 1. The first-order chi connectivity index (χ1) is 5.42. The maximum Gasteiger partial charge on any atom is 0.252 e. The van der Waals surface area contributed by atoms with Gasteiger partial charge in [0.25, 0.3) is 5.92 Å². The van der Waals surface area contributed by atoms with Crippen molar-refractivity contribution in [1.82, 2.24) is 5.32 Å². The number of rotatable bonds is 3. The van der Waals surface area contributed by atoms with Crippen molar-refractivity contribution in [2.45, 2.75) is 38.7 Å². The van der Waals surface area contributed by atoms with E-state index >= 15 is 0 Å². The summed E-state index contributed by atoms with van der Waals surface area (Å²) in [5.41, 5.74) is 0. The van der Waals surface area contributed by atoms with Crippen LogP contribution in [-0.2, 0) is 4.79 Å². The molecule has 0 aromatic carbocycles. The van der Waals surface area contributed by atoms with Crippen molar-refractivity contribution >= 4 is 5.91 Å². The molecule has 0 aliphatic heterocycles. The monoisotopic (exact) mass is 177 g/mol. The van der Waals surface area contributed by atoms with Gasteiger partial charge in [-0.05, 0) is 13.8 Å². The third-order valence-electron chi connectivity index (χ3n) is 1.84. The summed E-state index contributed by atoms with van der Waals surface area (Å²) >= 11 is 0. The molecule has 0 heterocycles. The Morgan fingerprint density at radius 3 is 2.50 bits per heavy atom. The molecule has 0 aromatic rings. The highest BCUT2D eigenvalue weighted by Gasteiger charge is 2.57. The molecule has 0 bridgehead atoms. The number of hydrogen-bond donors (Lipinski definition) is 1. The van der Waals surface area contributed by atoms with Crippen LogP contribution >= 0.6 is 0 Å². The van der Waals surface area contributed by atoms with E-state index in [0.717, 1.165) is 0 Å². The second kappa shape index (κ2) is 2.99. The second-order valence-corrected chi connectivity index (χ2v) is 3.59. The molecule has 12 heavy (non-hydrogen) atoms. The van der Waals surface area contributed by atoms with E-state index in [4.69, 9.17) is 0 Å². The van der Waals surface area contributed by atoms with Crippen LogP contribution in [0.25, 0.3) is 0 Å². The van der Waals surface area contributed by atoms with Crippen LogP contribution in [0, 0.1) is 5.92 Å². The largest absolute Gasteiger partial charge is 0.354 e. The summed E-state index contributed by atoms with van der Waals surface area (Å²) in [5, 5.41) is 2.58. The van der Waals surface area contributed by atoms with Crippen LogP contribution in [0.15, 0.2) is 0 Å². The highest BCUT2D eigenvalue weighted by molar-refractivity contribution is 5.76. The topological polar surface area (TPSA) is 29.1 Å². The van der Waals surface area contributed by atoms with Crippen LogP contribution in [0.2, 0.25) is 0 Å². The molecule has 1 aliphatic rings. The fourth-order valence-corrected chi connectivity index (χ4v) is 1.10. The van der Waals surface area contributed by atoms with E-state index < -0.39 is 11.8 Å². The number of nitrogens with one attached hydrogen (secondary N) is 1. The van der Waals surface area contributed by atoms with Gasteiger partial charge in [0, 0.05) is 24.8 Å². The number of alkyl halides is 2. The van der Waals surface area contributed by atoms with Crippen LogP contribution in [0.4, 0.5) is 8.78 Å². The predicted octanol–water partition coefficient (Wildman–Crippen LogP) is 1.56. The van der Waals surface area contributed by atoms with Gasteiger partial charge in [0.2, 0.25) is 5.91 Å². The minimum Gasteiger partial charge on any atom is -0.354 e. The van der Waals surface area contributed by atoms with Crippen molar-refractivity contribution in [3.8, 4) is 0 Å². The van der Waals surface area contributed by atoms with Gasteiger partial charge in [-0.2, -0.15) is 0 Å². The van der Waals surface area contributed by atoms with Gasteiger partial charge in [-0.25, -0.2) is 8.78 Å². The third kappa shape index (κ3) is 2.43. The maximum atomic E-state index is 12.3. The molecule has 0 saturated heterocycles. The van der Waals surface area contributed by atoms with Crippen molar-refractivity contribution in [3.63, 3.8) is 0 Å². The minimum absolute atomic E-state index is 0.0323. The van der Waals surface area contributed by atoms with Crippen LogP contribution in [0.1, 0.15) is 26.7 Å². The summed E-state index contributed by atoms with van der Waals surface area (Å²) < 4.78 is 24.6. The van der Waals surface area contributed by atoms with E-state index in [1.807, 2.05) is 13.8 Å². The Morgan fingerprint density at radius 2 is 2.17 bits per heavy atom. The van der Waals surface area contributed by atoms with Crippen LogP contribution in [0.3, 0.4) is 0 Å². The van der Waals surface area contributed by atoms with Gasteiger partial charge in [0.1, 0.15) is 0 Å². The first-order valence-electron chi connectivity index (χ1n) is 4.09. The lowest BCUT2D eigenvalue weighted by atomic mass is 10.2. The van der Waals surface area contributed by atoms with E-state index in [1.54, 1.807) is 0 Å². The highest BCUT2D eigenvalue weighted by Crippen LogP contribution is 2.50. The molecule has 0 spiro atoms. The second-order valence-electron chi connectivity index (χ2n) is 3.59. The quantitative estimate of drug-likeness (QED) is 0.696. The van der Waals surface area contributed by atoms with Crippen LogP contribution in [0.5, 0.6) is 0 Å². The zero-order valence-electron chi connectivity index (χ0n) is 7.23. The lowest BCUT2D eigenvalue weighted by Crippen LogP contribution is -2.30. The van der Waals surface area contributed by atoms with E-state index in [1.165, 1.54) is 0 Å². The van der Waals surface area contributed by atoms with Gasteiger partial charge in [-0.3, -0.25) is 4.79 Å². The van der Waals surface area contributed by atoms with Crippen molar-refractivity contribution in [1.29, 1.82) is 0 Å². The Hall–Kier alpha value is -0.670. The zero-order chi connectivity index (χ0) is 9.35. The first kappa shape index (κ1) is 9.42. The van der Waals surface area contributed by atoms with Crippen molar-refractivity contribution in [2.75, 3.05) is 0 Å². The molecule has 0 aromatic heterocycles. The van der Waals surface area contributed by atoms with Crippen LogP contribution in [-0.4, -0.2) is 17.9 Å². The lowest BCUT2D eigenvalue weighted by Gasteiger charge is -2.06. The maximum absolute atomic E-state index is 12.3. The van der Waals surface area contributed by atoms with Gasteiger partial charge >= 0.3 is 0 Å². The Bertz CT molecular complexity index is 191. The Morgan fingerprint density at radius 1 is 1.67 bits per heavy atom. The Kier molecular flexibility index (Phi) is 2.35. The normalized spacial score (nSPS) is 25.6. The standard InChI is InChI=1S/C8H13F2NO/c1-5(2)11-7(12)3-6-4-8(6,9)10/h5-6H,3-4H2,1-2H3,(H,11,12). The summed E-state index contributed by atoms with van der Waals surface area (Å²) in [4.78, 5) is 10.9. The molecular formula is C8H13F2NO. The summed E-state index contributed by atoms with van der Waals surface area (Å²) in [6.07, 6.45) is -0.163. The minimum atomic E-state index is -2.58. The lowest BCUT2D eigenvalue weighted by molar-refractivity contribution is -0.122. The van der Waals surface area contributed by atoms with E-state index in [9.17, 15) is 13.6 Å². The molecule has 0 radical (unpaired) electrons. The molecule has 1 fully saturated rings. The van der Waals surface area contributed by atoms with Crippen LogP contribution < -0.4 is 5.32 Å². The van der Waals surface area contributed by atoms with Crippen molar-refractivity contribution < 1.29 is 13.6 Å². The molecule has 1 amide bonds. The van der Waals surface area contributed by atoms with Gasteiger partial charge in [-0.1, -0.05) is 0 Å². The fourth-order valence-electron chi connectivity index (χ4n) is 1.10. The molecule has 1 N–H and O–H groups in total. The Labute approximate surface area is 70.3 Å². The molecule has 1 atom stereocenters. The zero-order valence-corrected chi connectivity index (χ0v) is 7.23. The molecule has 1 unspecified atom stereocenters. The number of carbonyl (C=O) groups excluding carboxylic acids is 1. The smallest absolute Gasteiger partial charge is 0.252 e. The molecule has 1 rings (SSSR count). The number of amides is 1. The molecule has 2 nitrogen and oxygen atoms in total. The molecule has 1 aliphatic carbocycles. The summed E-state index contributed by atoms with van der Waals surface area (Å²) in [6, 6.07) is 0.0323. The average molecular weight is 177 g/mol. The summed E-state index contributed by atoms with van der Waals surface area (Å²) in [5.74, 6) is -3.56. The van der Waals surface area contributed by atoms with E-state index in [0.29, 0.717) is 0 Å². The van der Waals surface area contributed by atoms with E-state index in [-0.39, 0.29) is 24.8 Å². The highest BCUT2D eigenvalue weighted by atomic mass is 19.3. The fraction of sp³-hybridized carbons (Fsp3) is 0.875. The van der Waals surface area contributed by atoms with Gasteiger partial charge in [0.05, 0.1) is 0 Å². The third-order valence-corrected chi connectivity index (χ3v) is 1.84. The van der Waals surface area contributed by atoms with Crippen molar-refractivity contribution in [3.05, 3.63) is 0 Å². The SMILES string of the molecule is CC(C)NC(=O)CC1CC1(F)F. The Balaban J connectivity index is 2.21. The van der Waals surface area contributed by atoms with Gasteiger partial charge < -0.3 is 5.32 Å². The molecular weight excluding hydrogens is 164 g/mol.